The molecule has 2 aromatic carbocycles. The van der Waals surface area contributed by atoms with Gasteiger partial charge >= 0.3 is 0 Å². The summed E-state index contributed by atoms with van der Waals surface area (Å²) in [6.45, 7) is 4.33. The van der Waals surface area contributed by atoms with Crippen molar-refractivity contribution < 1.29 is 8.78 Å². The van der Waals surface area contributed by atoms with E-state index in [1.165, 1.54) is 32.1 Å². The van der Waals surface area contributed by atoms with Gasteiger partial charge in [-0.15, -0.1) is 0 Å². The molecule has 2 aromatic rings. The second-order valence-corrected chi connectivity index (χ2v) is 9.20. The Bertz CT molecular complexity index is 866. The Morgan fingerprint density at radius 3 is 2.61 bits per heavy atom. The number of hydrogen-bond acceptors (Lipinski definition) is 0. The van der Waals surface area contributed by atoms with Crippen molar-refractivity contribution in [2.45, 2.75) is 71.1 Å². The molecule has 0 spiro atoms. The van der Waals surface area contributed by atoms with E-state index >= 15 is 0 Å². The van der Waals surface area contributed by atoms with Crippen LogP contribution in [0.2, 0.25) is 0 Å². The minimum absolute atomic E-state index is 0.168. The fraction of sp³-hybridized carbons (Fsp3) is 0.538. The fourth-order valence-corrected chi connectivity index (χ4v) is 5.70. The van der Waals surface area contributed by atoms with Crippen LogP contribution in [0.3, 0.4) is 0 Å². The maximum absolute atomic E-state index is 15.0. The van der Waals surface area contributed by atoms with E-state index in [-0.39, 0.29) is 11.2 Å². The van der Waals surface area contributed by atoms with E-state index in [9.17, 15) is 8.78 Å². The van der Waals surface area contributed by atoms with E-state index in [4.69, 9.17) is 0 Å². The summed E-state index contributed by atoms with van der Waals surface area (Å²) in [5, 5.41) is 0.878. The number of fused-ring (bicyclic) bond motifs is 2. The first-order chi connectivity index (χ1) is 13.6. The molecule has 150 valence electrons. The number of halogens is 2. The Morgan fingerprint density at radius 2 is 1.79 bits per heavy atom. The summed E-state index contributed by atoms with van der Waals surface area (Å²) in [6, 6.07) is 7.42. The zero-order valence-electron chi connectivity index (χ0n) is 17.2. The standard InChI is InChI=1S/C26H32F2/c1-3-4-5-6-18-9-12-22-15-23(16-24(27)25(22)26(18)28)21-11-10-19-13-17(2)7-8-20(19)14-21/h3-4,9,12,15-17,19-21H,5-8,10-11,13-14H2,1-2H3/b4-3+/t17?,19-,20?,21-/m1/s1. The second kappa shape index (κ2) is 8.35. The SMILES string of the molecule is C/C=C/CCc1ccc2cc([C@@H]3CC[C@@H]4CC(C)CCC4C3)cc(F)c2c1F. The van der Waals surface area contributed by atoms with Crippen LogP contribution in [-0.4, -0.2) is 0 Å². The zero-order valence-corrected chi connectivity index (χ0v) is 17.2. The highest BCUT2D eigenvalue weighted by Gasteiger charge is 2.35. The van der Waals surface area contributed by atoms with Crippen molar-refractivity contribution in [1.82, 2.24) is 0 Å². The molecule has 0 nitrogen and oxygen atoms in total. The van der Waals surface area contributed by atoms with Crippen LogP contribution in [0.25, 0.3) is 10.8 Å². The molecular formula is C26H32F2. The molecule has 2 heteroatoms. The smallest absolute Gasteiger partial charge is 0.137 e. The van der Waals surface area contributed by atoms with Gasteiger partial charge in [0, 0.05) is 0 Å². The maximum atomic E-state index is 15.0. The normalized spacial score (nSPS) is 28.0. The van der Waals surface area contributed by atoms with Crippen molar-refractivity contribution in [2.75, 3.05) is 0 Å². The van der Waals surface area contributed by atoms with E-state index in [2.05, 4.69) is 6.92 Å². The molecule has 2 unspecified atom stereocenters. The van der Waals surface area contributed by atoms with Crippen LogP contribution in [-0.2, 0) is 6.42 Å². The summed E-state index contributed by atoms with van der Waals surface area (Å²) < 4.78 is 29.9. The van der Waals surface area contributed by atoms with Crippen molar-refractivity contribution in [1.29, 1.82) is 0 Å². The molecule has 2 aliphatic carbocycles. The fourth-order valence-electron chi connectivity index (χ4n) is 5.70. The minimum atomic E-state index is -0.391. The number of benzene rings is 2. The number of rotatable bonds is 4. The molecule has 0 radical (unpaired) electrons. The molecule has 4 rings (SSSR count). The van der Waals surface area contributed by atoms with Crippen LogP contribution in [0, 0.1) is 29.4 Å². The predicted molar refractivity (Wildman–Crippen MR) is 114 cm³/mol. The first kappa shape index (κ1) is 19.6. The molecule has 2 aliphatic rings. The van der Waals surface area contributed by atoms with Crippen molar-refractivity contribution in [3.8, 4) is 0 Å². The second-order valence-electron chi connectivity index (χ2n) is 9.20. The van der Waals surface area contributed by atoms with Crippen LogP contribution in [0.4, 0.5) is 8.78 Å². The molecular weight excluding hydrogens is 350 g/mol. The lowest BCUT2D eigenvalue weighted by Crippen LogP contribution is -2.29. The highest BCUT2D eigenvalue weighted by molar-refractivity contribution is 5.85. The highest BCUT2D eigenvalue weighted by Crippen LogP contribution is 2.48. The average Bonchev–Trinajstić information content (AvgIpc) is 2.69. The first-order valence-corrected chi connectivity index (χ1v) is 11.1. The third kappa shape index (κ3) is 3.88. The van der Waals surface area contributed by atoms with E-state index in [0.717, 1.165) is 36.2 Å². The van der Waals surface area contributed by atoms with Gasteiger partial charge in [-0.2, -0.15) is 0 Å². The molecule has 28 heavy (non-hydrogen) atoms. The summed E-state index contributed by atoms with van der Waals surface area (Å²) in [5.41, 5.74) is 1.68. The van der Waals surface area contributed by atoms with Crippen LogP contribution >= 0.6 is 0 Å². The Kier molecular flexibility index (Phi) is 5.85. The maximum Gasteiger partial charge on any atom is 0.137 e. The molecule has 0 saturated heterocycles. The van der Waals surface area contributed by atoms with E-state index in [0.29, 0.717) is 23.3 Å². The Balaban J connectivity index is 1.58. The monoisotopic (exact) mass is 382 g/mol. The highest BCUT2D eigenvalue weighted by atomic mass is 19.1. The Labute approximate surface area is 168 Å². The van der Waals surface area contributed by atoms with Gasteiger partial charge in [0.25, 0.3) is 0 Å². The summed E-state index contributed by atoms with van der Waals surface area (Å²) in [5.74, 6) is 2.17. The molecule has 0 amide bonds. The van der Waals surface area contributed by atoms with Gasteiger partial charge in [0.1, 0.15) is 11.6 Å². The van der Waals surface area contributed by atoms with Gasteiger partial charge in [0.2, 0.25) is 0 Å². The molecule has 2 fully saturated rings. The third-order valence-corrected chi connectivity index (χ3v) is 7.27. The van der Waals surface area contributed by atoms with Crippen LogP contribution in [0.15, 0.2) is 36.4 Å². The summed E-state index contributed by atoms with van der Waals surface area (Å²) in [6.07, 6.45) is 13.0. The summed E-state index contributed by atoms with van der Waals surface area (Å²) in [4.78, 5) is 0. The molecule has 0 N–H and O–H groups in total. The lowest BCUT2D eigenvalue weighted by atomic mass is 9.64. The van der Waals surface area contributed by atoms with Gasteiger partial charge < -0.3 is 0 Å². The van der Waals surface area contributed by atoms with E-state index < -0.39 is 5.82 Å². The van der Waals surface area contributed by atoms with Gasteiger partial charge in [-0.1, -0.05) is 43.7 Å². The van der Waals surface area contributed by atoms with Crippen LogP contribution in [0.1, 0.15) is 75.8 Å². The van der Waals surface area contributed by atoms with Gasteiger partial charge in [-0.3, -0.25) is 0 Å². The Morgan fingerprint density at radius 1 is 1.00 bits per heavy atom. The van der Waals surface area contributed by atoms with Gasteiger partial charge in [0.05, 0.1) is 5.39 Å². The van der Waals surface area contributed by atoms with Crippen molar-refractivity contribution in [3.05, 3.63) is 59.2 Å². The van der Waals surface area contributed by atoms with Gasteiger partial charge in [-0.05, 0) is 98.1 Å². The van der Waals surface area contributed by atoms with E-state index in [1.807, 2.05) is 37.3 Å². The van der Waals surface area contributed by atoms with Crippen LogP contribution < -0.4 is 0 Å². The molecule has 0 bridgehead atoms. The number of aryl methyl sites for hydroxylation is 1. The van der Waals surface area contributed by atoms with Crippen molar-refractivity contribution in [2.24, 2.45) is 17.8 Å². The Hall–Kier alpha value is -1.70. The summed E-state index contributed by atoms with van der Waals surface area (Å²) in [7, 11) is 0. The lowest BCUT2D eigenvalue weighted by Gasteiger charge is -2.41. The third-order valence-electron chi connectivity index (χ3n) is 7.27. The number of allylic oxidation sites excluding steroid dienone is 2. The molecule has 2 saturated carbocycles. The van der Waals surface area contributed by atoms with Crippen molar-refractivity contribution >= 4 is 10.8 Å². The zero-order chi connectivity index (χ0) is 19.7. The van der Waals surface area contributed by atoms with Crippen LogP contribution in [0.5, 0.6) is 0 Å². The van der Waals surface area contributed by atoms with E-state index in [1.54, 1.807) is 6.07 Å². The quantitative estimate of drug-likeness (QED) is 0.471. The minimum Gasteiger partial charge on any atom is -0.206 e. The summed E-state index contributed by atoms with van der Waals surface area (Å²) >= 11 is 0. The molecule has 4 atom stereocenters. The molecule has 0 aromatic heterocycles. The molecule has 0 heterocycles. The van der Waals surface area contributed by atoms with Crippen molar-refractivity contribution in [3.63, 3.8) is 0 Å². The predicted octanol–water partition coefficient (Wildman–Crippen LogP) is 7.95. The number of hydrogen-bond donors (Lipinski definition) is 0. The molecule has 0 aliphatic heterocycles. The average molecular weight is 383 g/mol. The first-order valence-electron chi connectivity index (χ1n) is 11.1. The lowest BCUT2D eigenvalue weighted by molar-refractivity contribution is 0.124. The van der Waals surface area contributed by atoms with Gasteiger partial charge in [0.15, 0.2) is 0 Å². The largest absolute Gasteiger partial charge is 0.206 e. The van der Waals surface area contributed by atoms with Gasteiger partial charge in [-0.25, -0.2) is 8.78 Å². The topological polar surface area (TPSA) is 0 Å².